The highest BCUT2D eigenvalue weighted by Gasteiger charge is 2.72. The minimum absolute atomic E-state index is 0.400. The molecule has 0 saturated heterocycles. The molecule has 0 unspecified atom stereocenters. The van der Waals surface area contributed by atoms with E-state index in [1.165, 1.54) is 6.92 Å². The zero-order valence-electron chi connectivity index (χ0n) is 10.8. The molecule has 0 bridgehead atoms. The van der Waals surface area contributed by atoms with Crippen LogP contribution in [0, 0.1) is 0 Å². The van der Waals surface area contributed by atoms with Crippen molar-refractivity contribution in [1.82, 2.24) is 0 Å². The van der Waals surface area contributed by atoms with Gasteiger partial charge in [-0.05, 0) is 12.5 Å². The van der Waals surface area contributed by atoms with Crippen LogP contribution in [0.4, 0.5) is 30.7 Å². The van der Waals surface area contributed by atoms with Crippen LogP contribution in [0.5, 0.6) is 0 Å². The molecule has 1 nitrogen and oxygen atoms in total. The maximum absolute atomic E-state index is 13.0. The molecule has 8 heteroatoms. The Labute approximate surface area is 116 Å². The molecular formula is C13H12F7N. The molecule has 0 radical (unpaired) electrons. The van der Waals surface area contributed by atoms with Gasteiger partial charge in [-0.1, -0.05) is 30.3 Å². The highest BCUT2D eigenvalue weighted by atomic mass is 19.4. The van der Waals surface area contributed by atoms with Gasteiger partial charge in [-0.3, -0.25) is 4.99 Å². The van der Waals surface area contributed by atoms with Gasteiger partial charge in [-0.2, -0.15) is 30.7 Å². The molecule has 0 aliphatic heterocycles. The zero-order valence-corrected chi connectivity index (χ0v) is 10.8. The van der Waals surface area contributed by atoms with Crippen molar-refractivity contribution >= 4 is 6.21 Å². The highest BCUT2D eigenvalue weighted by Crippen LogP contribution is 2.47. The lowest BCUT2D eigenvalue weighted by molar-refractivity contribution is -0.352. The molecule has 118 valence electrons. The third-order valence-electron chi connectivity index (χ3n) is 2.77. The normalized spacial score (nSPS) is 15.4. The van der Waals surface area contributed by atoms with Gasteiger partial charge in [0.15, 0.2) is 0 Å². The average molecular weight is 315 g/mol. The van der Waals surface area contributed by atoms with E-state index in [9.17, 15) is 30.7 Å². The number of hydrogen-bond donors (Lipinski definition) is 0. The van der Waals surface area contributed by atoms with Gasteiger partial charge in [-0.15, -0.1) is 0 Å². The summed E-state index contributed by atoms with van der Waals surface area (Å²) in [6.07, 6.45) is -7.70. The quantitative estimate of drug-likeness (QED) is 0.533. The summed E-state index contributed by atoms with van der Waals surface area (Å²) in [6, 6.07) is 7.66. The first-order valence-electron chi connectivity index (χ1n) is 5.88. The van der Waals surface area contributed by atoms with Gasteiger partial charge < -0.3 is 0 Å². The van der Waals surface area contributed by atoms with Crippen LogP contribution in [0.25, 0.3) is 0 Å². The third kappa shape index (κ3) is 3.95. The van der Waals surface area contributed by atoms with E-state index >= 15 is 0 Å². The van der Waals surface area contributed by atoms with Gasteiger partial charge in [0.1, 0.15) is 0 Å². The smallest absolute Gasteiger partial charge is 0.290 e. The average Bonchev–Trinajstić information content (AvgIpc) is 2.38. The van der Waals surface area contributed by atoms with Crippen LogP contribution in [0.15, 0.2) is 35.3 Å². The van der Waals surface area contributed by atoms with E-state index in [0.29, 0.717) is 11.8 Å². The number of aliphatic imine (C=N–C) groups is 1. The number of benzene rings is 1. The SMILES string of the molecule is C[C@H](N=CCC(F)(F)C(F)(F)C(F)(F)F)c1ccccc1. The Morgan fingerprint density at radius 1 is 1.00 bits per heavy atom. The first-order chi connectivity index (χ1) is 9.49. The van der Waals surface area contributed by atoms with Gasteiger partial charge >= 0.3 is 18.0 Å². The Balaban J connectivity index is 2.76. The largest absolute Gasteiger partial charge is 0.459 e. The predicted octanol–water partition coefficient (Wildman–Crippen LogP) is 5.04. The molecule has 1 aromatic rings. The lowest BCUT2D eigenvalue weighted by atomic mass is 10.1. The minimum Gasteiger partial charge on any atom is -0.290 e. The fourth-order valence-corrected chi connectivity index (χ4v) is 1.48. The summed E-state index contributed by atoms with van der Waals surface area (Å²) in [4.78, 5) is 3.57. The number of nitrogens with zero attached hydrogens (tertiary/aromatic N) is 1. The van der Waals surface area contributed by atoms with Gasteiger partial charge in [0.2, 0.25) is 0 Å². The van der Waals surface area contributed by atoms with Crippen LogP contribution in [-0.2, 0) is 0 Å². The molecule has 21 heavy (non-hydrogen) atoms. The van der Waals surface area contributed by atoms with Gasteiger partial charge in [0.05, 0.1) is 12.5 Å². The van der Waals surface area contributed by atoms with Crippen molar-refractivity contribution in [2.75, 3.05) is 0 Å². The minimum atomic E-state index is -6.31. The highest BCUT2D eigenvalue weighted by molar-refractivity contribution is 5.59. The van der Waals surface area contributed by atoms with Crippen LogP contribution in [0.3, 0.4) is 0 Å². The van der Waals surface area contributed by atoms with E-state index in [-0.39, 0.29) is 0 Å². The lowest BCUT2D eigenvalue weighted by Gasteiger charge is -2.27. The summed E-state index contributed by atoms with van der Waals surface area (Å²) < 4.78 is 86.9. The van der Waals surface area contributed by atoms with Crippen molar-refractivity contribution in [3.05, 3.63) is 35.9 Å². The van der Waals surface area contributed by atoms with Crippen LogP contribution in [-0.4, -0.2) is 24.2 Å². The van der Waals surface area contributed by atoms with Crippen LogP contribution in [0.1, 0.15) is 24.9 Å². The summed E-state index contributed by atoms with van der Waals surface area (Å²) in [5.41, 5.74) is 0.625. The molecule has 0 aromatic heterocycles. The molecule has 0 heterocycles. The van der Waals surface area contributed by atoms with Crippen LogP contribution in [0.2, 0.25) is 0 Å². The van der Waals surface area contributed by atoms with Crippen molar-refractivity contribution < 1.29 is 30.7 Å². The maximum Gasteiger partial charge on any atom is 0.459 e. The summed E-state index contributed by atoms with van der Waals surface area (Å²) >= 11 is 0. The molecule has 0 aliphatic carbocycles. The molecule has 0 fully saturated rings. The van der Waals surface area contributed by atoms with Crippen molar-refractivity contribution in [1.29, 1.82) is 0 Å². The fraction of sp³-hybridized carbons (Fsp3) is 0.462. The molecule has 0 amide bonds. The van der Waals surface area contributed by atoms with E-state index in [0.717, 1.165) is 0 Å². The zero-order chi connectivity index (χ0) is 16.3. The first kappa shape index (κ1) is 17.5. The molecule has 0 spiro atoms. The monoisotopic (exact) mass is 315 g/mol. The topological polar surface area (TPSA) is 12.4 Å². The van der Waals surface area contributed by atoms with E-state index in [2.05, 4.69) is 4.99 Å². The van der Waals surface area contributed by atoms with E-state index in [1.54, 1.807) is 30.3 Å². The van der Waals surface area contributed by atoms with Crippen LogP contribution < -0.4 is 0 Å². The molecule has 1 rings (SSSR count). The van der Waals surface area contributed by atoms with Crippen molar-refractivity contribution in [3.8, 4) is 0 Å². The van der Waals surface area contributed by atoms with Gasteiger partial charge in [-0.25, -0.2) is 0 Å². The number of alkyl halides is 7. The second-order valence-electron chi connectivity index (χ2n) is 4.40. The molecule has 0 aliphatic rings. The summed E-state index contributed by atoms with van der Waals surface area (Å²) in [6.45, 7) is 1.51. The Kier molecular flexibility index (Phi) is 5.01. The van der Waals surface area contributed by atoms with Gasteiger partial charge in [0.25, 0.3) is 0 Å². The van der Waals surface area contributed by atoms with Crippen molar-refractivity contribution in [3.63, 3.8) is 0 Å². The Morgan fingerprint density at radius 3 is 2.00 bits per heavy atom. The molecule has 1 atom stereocenters. The van der Waals surface area contributed by atoms with E-state index in [4.69, 9.17) is 0 Å². The summed E-state index contributed by atoms with van der Waals surface area (Å²) in [5, 5.41) is 0. The number of hydrogen-bond acceptors (Lipinski definition) is 1. The van der Waals surface area contributed by atoms with E-state index < -0.39 is 30.5 Å². The molecule has 1 aromatic carbocycles. The number of halogens is 7. The summed E-state index contributed by atoms with van der Waals surface area (Å²) in [5.74, 6) is -11.3. The second-order valence-corrected chi connectivity index (χ2v) is 4.40. The lowest BCUT2D eigenvalue weighted by Crippen LogP contribution is -2.52. The van der Waals surface area contributed by atoms with Crippen molar-refractivity contribution in [2.45, 2.75) is 37.4 Å². The van der Waals surface area contributed by atoms with Crippen molar-refractivity contribution in [2.24, 2.45) is 4.99 Å². The summed E-state index contributed by atoms with van der Waals surface area (Å²) in [7, 11) is 0. The fourth-order valence-electron chi connectivity index (χ4n) is 1.48. The van der Waals surface area contributed by atoms with Gasteiger partial charge in [0, 0.05) is 6.21 Å². The predicted molar refractivity (Wildman–Crippen MR) is 63.9 cm³/mol. The molecule has 0 N–H and O–H groups in total. The van der Waals surface area contributed by atoms with E-state index in [1.807, 2.05) is 0 Å². The molecular weight excluding hydrogens is 303 g/mol. The first-order valence-corrected chi connectivity index (χ1v) is 5.88. The standard InChI is InChI=1S/C13H12F7N/c1-9(10-5-3-2-4-6-10)21-8-7-11(14,15)12(16,17)13(18,19)20/h2-6,8-9H,7H2,1H3/t9-/m0/s1. The Morgan fingerprint density at radius 2 is 1.52 bits per heavy atom. The Bertz CT molecular complexity index is 479. The number of rotatable bonds is 5. The Hall–Kier alpha value is -1.60. The maximum atomic E-state index is 13.0. The second kappa shape index (κ2) is 6.03. The molecule has 0 saturated carbocycles. The third-order valence-corrected chi connectivity index (χ3v) is 2.77. The van der Waals surface area contributed by atoms with Crippen LogP contribution >= 0.6 is 0 Å².